The van der Waals surface area contributed by atoms with Crippen molar-refractivity contribution in [3.8, 4) is 33.4 Å². The van der Waals surface area contributed by atoms with Crippen molar-refractivity contribution in [2.45, 2.75) is 100 Å². The molecule has 0 aromatic heterocycles. The zero-order valence-electron chi connectivity index (χ0n) is 37.7. The summed E-state index contributed by atoms with van der Waals surface area (Å²) in [6.07, 6.45) is 7.75. The summed E-state index contributed by atoms with van der Waals surface area (Å²) in [6.45, 7) is 24.1. The first-order valence-corrected chi connectivity index (χ1v) is 30.1. The van der Waals surface area contributed by atoms with Gasteiger partial charge in [0.15, 0.2) is 0 Å². The summed E-state index contributed by atoms with van der Waals surface area (Å²) in [4.78, 5) is 0. The molecule has 1 heterocycles. The molecule has 0 saturated heterocycles. The molecular formula is C58H63HfSi. The summed E-state index contributed by atoms with van der Waals surface area (Å²) >= 11 is -3.24. The molecule has 2 aliphatic carbocycles. The van der Waals surface area contributed by atoms with E-state index in [2.05, 4.69) is 209 Å². The van der Waals surface area contributed by atoms with Crippen molar-refractivity contribution < 1.29 is 21.4 Å². The van der Waals surface area contributed by atoms with Gasteiger partial charge in [-0.3, -0.25) is 0 Å². The van der Waals surface area contributed by atoms with Gasteiger partial charge < -0.3 is 0 Å². The van der Waals surface area contributed by atoms with Crippen molar-refractivity contribution in [3.05, 3.63) is 172 Å². The molecular weight excluding hydrogens is 903 g/mol. The van der Waals surface area contributed by atoms with Crippen LogP contribution in [-0.4, -0.2) is 9.52 Å². The molecule has 0 spiro atoms. The number of fused-ring (bicyclic) bond motifs is 5. The van der Waals surface area contributed by atoms with Gasteiger partial charge in [-0.2, -0.15) is 0 Å². The Labute approximate surface area is 371 Å². The van der Waals surface area contributed by atoms with E-state index in [-0.39, 0.29) is 10.8 Å². The summed E-state index contributed by atoms with van der Waals surface area (Å²) < 4.78 is 2.72. The van der Waals surface area contributed by atoms with Gasteiger partial charge in [0.25, 0.3) is 0 Å². The van der Waals surface area contributed by atoms with Crippen molar-refractivity contribution in [3.63, 3.8) is 0 Å². The molecule has 2 heteroatoms. The van der Waals surface area contributed by atoms with Crippen LogP contribution in [0, 0.1) is 11.8 Å². The van der Waals surface area contributed by atoms with E-state index >= 15 is 0 Å². The van der Waals surface area contributed by atoms with Gasteiger partial charge in [-0.15, -0.1) is 0 Å². The quantitative estimate of drug-likeness (QED) is 0.127. The van der Waals surface area contributed by atoms with Crippen LogP contribution in [0.1, 0.15) is 123 Å². The maximum atomic E-state index is 2.72. The minimum atomic E-state index is -3.24. The van der Waals surface area contributed by atoms with Gasteiger partial charge in [-0.1, -0.05) is 0 Å². The van der Waals surface area contributed by atoms with Crippen molar-refractivity contribution in [1.82, 2.24) is 0 Å². The molecule has 60 heavy (non-hydrogen) atoms. The molecule has 0 N–H and O–H groups in total. The normalized spacial score (nSPS) is 18.0. The Morgan fingerprint density at radius 3 is 1.38 bits per heavy atom. The molecule has 1 aliphatic heterocycles. The Morgan fingerprint density at radius 2 is 0.900 bits per heavy atom. The van der Waals surface area contributed by atoms with Crippen LogP contribution in [-0.2, 0) is 32.3 Å². The number of benzene rings is 6. The van der Waals surface area contributed by atoms with Gasteiger partial charge in [0, 0.05) is 0 Å². The zero-order valence-corrected chi connectivity index (χ0v) is 42.7. The molecule has 6 aromatic rings. The van der Waals surface area contributed by atoms with Crippen LogP contribution in [0.4, 0.5) is 0 Å². The molecule has 3 aliphatic rings. The van der Waals surface area contributed by atoms with Crippen molar-refractivity contribution in [1.29, 1.82) is 0 Å². The third kappa shape index (κ3) is 6.99. The Kier molecular flexibility index (Phi) is 11.0. The van der Waals surface area contributed by atoms with Crippen LogP contribution in [0.2, 0.25) is 0 Å². The molecule has 0 amide bonds. The monoisotopic (exact) mass is 967 g/mol. The van der Waals surface area contributed by atoms with Crippen LogP contribution in [0.3, 0.4) is 0 Å². The number of hydrogen-bond acceptors (Lipinski definition) is 0. The van der Waals surface area contributed by atoms with Gasteiger partial charge in [0.1, 0.15) is 0 Å². The molecule has 9 rings (SSSR count). The van der Waals surface area contributed by atoms with Crippen LogP contribution >= 0.6 is 0 Å². The Balaban J connectivity index is 1.34. The fraction of sp³-hybridized carbons (Fsp3) is 0.310. The van der Waals surface area contributed by atoms with Crippen molar-refractivity contribution in [2.75, 3.05) is 0 Å². The Morgan fingerprint density at radius 1 is 0.483 bits per heavy atom. The van der Waals surface area contributed by atoms with Crippen molar-refractivity contribution in [2.24, 2.45) is 11.8 Å². The van der Waals surface area contributed by atoms with Gasteiger partial charge in [0.05, 0.1) is 0 Å². The minimum absolute atomic E-state index is 0.0413. The molecule has 0 fully saturated rings. The second kappa shape index (κ2) is 16.0. The van der Waals surface area contributed by atoms with E-state index in [0.29, 0.717) is 19.2 Å². The summed E-state index contributed by atoms with van der Waals surface area (Å²) in [5, 5.41) is 3.39. The molecule has 4 atom stereocenters. The van der Waals surface area contributed by atoms with Gasteiger partial charge in [0.2, 0.25) is 0 Å². The van der Waals surface area contributed by atoms with E-state index in [1.54, 1.807) is 36.0 Å². The fourth-order valence-electron chi connectivity index (χ4n) is 11.0. The van der Waals surface area contributed by atoms with Gasteiger partial charge >= 0.3 is 374 Å². The average molecular weight is 967 g/mol. The molecule has 0 nitrogen and oxygen atoms in total. The summed E-state index contributed by atoms with van der Waals surface area (Å²) in [5.41, 5.74) is 21.2. The number of hydrogen-bond donors (Lipinski definition) is 0. The van der Waals surface area contributed by atoms with Gasteiger partial charge in [-0.05, 0) is 0 Å². The van der Waals surface area contributed by atoms with E-state index in [1.807, 2.05) is 0 Å². The first kappa shape index (κ1) is 41.3. The van der Waals surface area contributed by atoms with Crippen LogP contribution < -0.4 is 13.7 Å². The van der Waals surface area contributed by atoms with Gasteiger partial charge in [-0.25, -0.2) is 0 Å². The topological polar surface area (TPSA) is 0 Å². The second-order valence-corrected chi connectivity index (χ2v) is 31.3. The first-order chi connectivity index (χ1) is 28.8. The van der Waals surface area contributed by atoms with Crippen LogP contribution in [0.25, 0.3) is 45.5 Å². The first-order valence-electron chi connectivity index (χ1n) is 22.8. The zero-order chi connectivity index (χ0) is 42.1. The third-order valence-corrected chi connectivity index (χ3v) is 30.8. The average Bonchev–Trinajstić information content (AvgIpc) is 3.95. The molecule has 4 unspecified atom stereocenters. The van der Waals surface area contributed by atoms with Crippen LogP contribution in [0.15, 0.2) is 139 Å². The van der Waals surface area contributed by atoms with E-state index < -0.39 is 31.0 Å². The number of allylic oxidation sites excluding steroid dienone is 2. The molecule has 0 bridgehead atoms. The molecule has 303 valence electrons. The van der Waals surface area contributed by atoms with E-state index in [1.165, 1.54) is 55.6 Å². The molecule has 0 saturated carbocycles. The second-order valence-electron chi connectivity index (χ2n) is 20.1. The Bertz CT molecular complexity index is 2540. The maximum absolute atomic E-state index is 3.24. The van der Waals surface area contributed by atoms with E-state index in [4.69, 9.17) is 0 Å². The summed E-state index contributed by atoms with van der Waals surface area (Å²) in [6, 6.07) is 50.3. The fourth-order valence-corrected chi connectivity index (χ4v) is 31.2. The summed E-state index contributed by atoms with van der Waals surface area (Å²) in [7, 11) is -0.647. The predicted octanol–water partition coefficient (Wildman–Crippen LogP) is 13.3. The number of rotatable bonds is 9. The predicted molar refractivity (Wildman–Crippen MR) is 261 cm³/mol. The van der Waals surface area contributed by atoms with E-state index in [0.717, 1.165) is 12.8 Å². The SMILES string of the molecule is CCC(C)C1=Cc2c(-c3ccccc3C(C)(C)C)cccc2[CH]1[Hf]([c]1cccc2c1[SiH2]c1ccccc1-2)[CH]1C(C(C)CC)=Cc2c(-c3ccccc3C(C)(C)C)cccc21. The van der Waals surface area contributed by atoms with Crippen LogP contribution in [0.5, 0.6) is 0 Å². The third-order valence-electron chi connectivity index (χ3n) is 14.4. The van der Waals surface area contributed by atoms with Crippen molar-refractivity contribution >= 4 is 35.4 Å². The standard InChI is InChI=1S/2C23H27.C12H9Si.Hf/c2*1-6-16(2)18-14-17-10-9-12-19(21(17)15-18)20-11-7-8-13-22(20)23(3,4)5;1-3-7-11-9(5-1)10-6-2-4-8-12(10)13-11;/h2*7-16H,6H2,1-5H3;1-7H,13H2;. The van der Waals surface area contributed by atoms with E-state index in [9.17, 15) is 0 Å². The molecule has 0 radical (unpaired) electrons. The Hall–Kier alpha value is -4.11. The molecule has 6 aromatic carbocycles. The summed E-state index contributed by atoms with van der Waals surface area (Å²) in [5.74, 6) is 1.00.